The minimum Gasteiger partial charge on any atom is -0.333 e. The van der Waals surface area contributed by atoms with Gasteiger partial charge in [-0.1, -0.05) is 6.07 Å². The topological polar surface area (TPSA) is 32.3 Å². The SMILES string of the molecule is CSc1ccc(C)c(C(=O)N2CCNC[C@@H]2C)c1. The number of thioether (sulfide) groups is 1. The van der Waals surface area contributed by atoms with Gasteiger partial charge in [0.1, 0.15) is 0 Å². The lowest BCUT2D eigenvalue weighted by Crippen LogP contribution is -2.52. The van der Waals surface area contributed by atoms with E-state index in [2.05, 4.69) is 18.3 Å². The molecule has 0 spiro atoms. The number of hydrogen-bond acceptors (Lipinski definition) is 3. The summed E-state index contributed by atoms with van der Waals surface area (Å²) >= 11 is 1.67. The van der Waals surface area contributed by atoms with Crippen LogP contribution in [0.1, 0.15) is 22.8 Å². The van der Waals surface area contributed by atoms with Crippen LogP contribution >= 0.6 is 11.8 Å². The molecule has 0 aromatic heterocycles. The van der Waals surface area contributed by atoms with Crippen LogP contribution in [-0.2, 0) is 0 Å². The second kappa shape index (κ2) is 5.76. The van der Waals surface area contributed by atoms with E-state index >= 15 is 0 Å². The second-order valence-corrected chi connectivity index (χ2v) is 5.61. The molecule has 0 aliphatic carbocycles. The molecule has 0 radical (unpaired) electrons. The molecule has 1 N–H and O–H groups in total. The summed E-state index contributed by atoms with van der Waals surface area (Å²) in [6.07, 6.45) is 2.03. The Bertz CT molecular complexity index is 447. The van der Waals surface area contributed by atoms with E-state index in [4.69, 9.17) is 0 Å². The average molecular weight is 264 g/mol. The first kappa shape index (κ1) is 13.4. The molecule has 1 saturated heterocycles. The van der Waals surface area contributed by atoms with Gasteiger partial charge < -0.3 is 10.2 Å². The number of benzene rings is 1. The average Bonchev–Trinajstić information content (AvgIpc) is 2.39. The van der Waals surface area contributed by atoms with Gasteiger partial charge in [0.25, 0.3) is 5.91 Å². The van der Waals surface area contributed by atoms with Crippen LogP contribution in [0.5, 0.6) is 0 Å². The van der Waals surface area contributed by atoms with Crippen LogP contribution in [0.15, 0.2) is 23.1 Å². The molecule has 0 saturated carbocycles. The summed E-state index contributed by atoms with van der Waals surface area (Å²) in [4.78, 5) is 15.7. The van der Waals surface area contributed by atoms with Crippen LogP contribution in [0.3, 0.4) is 0 Å². The summed E-state index contributed by atoms with van der Waals surface area (Å²) in [6, 6.07) is 6.38. The fourth-order valence-electron chi connectivity index (χ4n) is 2.26. The van der Waals surface area contributed by atoms with Crippen molar-refractivity contribution in [1.82, 2.24) is 10.2 Å². The third-order valence-corrected chi connectivity index (χ3v) is 4.16. The molecule has 0 unspecified atom stereocenters. The van der Waals surface area contributed by atoms with Crippen molar-refractivity contribution in [1.29, 1.82) is 0 Å². The van der Waals surface area contributed by atoms with E-state index in [0.717, 1.165) is 35.7 Å². The Balaban J connectivity index is 2.27. The molecule has 4 heteroatoms. The maximum atomic E-state index is 12.6. The van der Waals surface area contributed by atoms with Crippen molar-refractivity contribution in [2.75, 3.05) is 25.9 Å². The summed E-state index contributed by atoms with van der Waals surface area (Å²) in [7, 11) is 0. The maximum absolute atomic E-state index is 12.6. The van der Waals surface area contributed by atoms with Crippen molar-refractivity contribution < 1.29 is 4.79 Å². The Hall–Kier alpha value is -1.00. The molecular formula is C14H20N2OS. The number of amides is 1. The lowest BCUT2D eigenvalue weighted by molar-refractivity contribution is 0.0655. The lowest BCUT2D eigenvalue weighted by atomic mass is 10.1. The summed E-state index contributed by atoms with van der Waals surface area (Å²) in [5.74, 6) is 0.164. The standard InChI is InChI=1S/C14H20N2OS/c1-10-4-5-12(18-3)8-13(10)14(17)16-7-6-15-9-11(16)2/h4-5,8,11,15H,6-7,9H2,1-3H3/t11-/m0/s1. The Morgan fingerprint density at radius 3 is 2.94 bits per heavy atom. The largest absolute Gasteiger partial charge is 0.333 e. The third-order valence-electron chi connectivity index (χ3n) is 3.44. The fraction of sp³-hybridized carbons (Fsp3) is 0.500. The number of hydrogen-bond donors (Lipinski definition) is 1. The molecular weight excluding hydrogens is 244 g/mol. The van der Waals surface area contributed by atoms with Crippen LogP contribution < -0.4 is 5.32 Å². The Morgan fingerprint density at radius 1 is 1.50 bits per heavy atom. The normalized spacial score (nSPS) is 19.9. The zero-order valence-corrected chi connectivity index (χ0v) is 12.0. The van der Waals surface area contributed by atoms with E-state index < -0.39 is 0 Å². The molecule has 1 fully saturated rings. The Kier molecular flexibility index (Phi) is 4.30. The number of aryl methyl sites for hydroxylation is 1. The molecule has 1 aliphatic heterocycles. The Morgan fingerprint density at radius 2 is 2.28 bits per heavy atom. The monoisotopic (exact) mass is 264 g/mol. The first-order chi connectivity index (χ1) is 8.63. The number of nitrogens with zero attached hydrogens (tertiary/aromatic N) is 1. The molecule has 1 atom stereocenters. The summed E-state index contributed by atoms with van der Waals surface area (Å²) < 4.78 is 0. The van der Waals surface area contributed by atoms with E-state index in [1.54, 1.807) is 11.8 Å². The van der Waals surface area contributed by atoms with Crippen molar-refractivity contribution in [3.05, 3.63) is 29.3 Å². The highest BCUT2D eigenvalue weighted by molar-refractivity contribution is 7.98. The number of piperazine rings is 1. The van der Waals surface area contributed by atoms with Gasteiger partial charge in [0.15, 0.2) is 0 Å². The first-order valence-electron chi connectivity index (χ1n) is 6.30. The molecule has 18 heavy (non-hydrogen) atoms. The molecule has 3 nitrogen and oxygen atoms in total. The van der Waals surface area contributed by atoms with Crippen molar-refractivity contribution in [2.45, 2.75) is 24.8 Å². The molecule has 1 aliphatic rings. The van der Waals surface area contributed by atoms with Gasteiger partial charge in [-0.25, -0.2) is 0 Å². The van der Waals surface area contributed by atoms with Crippen molar-refractivity contribution >= 4 is 17.7 Å². The van der Waals surface area contributed by atoms with Gasteiger partial charge in [-0.05, 0) is 37.8 Å². The molecule has 0 bridgehead atoms. The smallest absolute Gasteiger partial charge is 0.254 e. The second-order valence-electron chi connectivity index (χ2n) is 4.73. The van der Waals surface area contributed by atoms with Crippen LogP contribution in [0.25, 0.3) is 0 Å². The van der Waals surface area contributed by atoms with Gasteiger partial charge in [-0.3, -0.25) is 4.79 Å². The van der Waals surface area contributed by atoms with Gasteiger partial charge in [0, 0.05) is 36.1 Å². The van der Waals surface area contributed by atoms with E-state index in [9.17, 15) is 4.79 Å². The van der Waals surface area contributed by atoms with Crippen molar-refractivity contribution in [2.24, 2.45) is 0 Å². The summed E-state index contributed by atoms with van der Waals surface area (Å²) in [5, 5.41) is 3.31. The molecule has 2 rings (SSSR count). The third kappa shape index (κ3) is 2.70. The van der Waals surface area contributed by atoms with Crippen molar-refractivity contribution in [3.63, 3.8) is 0 Å². The van der Waals surface area contributed by atoms with E-state index in [1.807, 2.05) is 30.2 Å². The zero-order valence-electron chi connectivity index (χ0n) is 11.2. The van der Waals surface area contributed by atoms with E-state index in [-0.39, 0.29) is 11.9 Å². The highest BCUT2D eigenvalue weighted by atomic mass is 32.2. The zero-order chi connectivity index (χ0) is 13.1. The van der Waals surface area contributed by atoms with E-state index in [1.165, 1.54) is 0 Å². The number of carbonyl (C=O) groups is 1. The van der Waals surface area contributed by atoms with Crippen LogP contribution in [-0.4, -0.2) is 42.7 Å². The fourth-order valence-corrected chi connectivity index (χ4v) is 2.70. The first-order valence-corrected chi connectivity index (χ1v) is 7.52. The van der Waals surface area contributed by atoms with Gasteiger partial charge in [0.2, 0.25) is 0 Å². The van der Waals surface area contributed by atoms with Crippen LogP contribution in [0.2, 0.25) is 0 Å². The van der Waals surface area contributed by atoms with E-state index in [0.29, 0.717) is 0 Å². The molecule has 1 heterocycles. The van der Waals surface area contributed by atoms with Gasteiger partial charge in [0.05, 0.1) is 0 Å². The highest BCUT2D eigenvalue weighted by Gasteiger charge is 2.25. The highest BCUT2D eigenvalue weighted by Crippen LogP contribution is 2.21. The van der Waals surface area contributed by atoms with Crippen molar-refractivity contribution in [3.8, 4) is 0 Å². The number of rotatable bonds is 2. The lowest BCUT2D eigenvalue weighted by Gasteiger charge is -2.34. The number of carbonyl (C=O) groups excluding carboxylic acids is 1. The molecule has 98 valence electrons. The van der Waals surface area contributed by atoms with Crippen LogP contribution in [0, 0.1) is 6.92 Å². The minimum absolute atomic E-state index is 0.164. The minimum atomic E-state index is 0.164. The predicted molar refractivity (Wildman–Crippen MR) is 76.3 cm³/mol. The van der Waals surface area contributed by atoms with Crippen LogP contribution in [0.4, 0.5) is 0 Å². The summed E-state index contributed by atoms with van der Waals surface area (Å²) in [5.41, 5.74) is 1.90. The van der Waals surface area contributed by atoms with Gasteiger partial charge >= 0.3 is 0 Å². The molecule has 1 aromatic carbocycles. The summed E-state index contributed by atoms with van der Waals surface area (Å²) in [6.45, 7) is 6.66. The quantitative estimate of drug-likeness (QED) is 0.831. The molecule has 1 amide bonds. The Labute approximate surface area is 113 Å². The maximum Gasteiger partial charge on any atom is 0.254 e. The van der Waals surface area contributed by atoms with Gasteiger partial charge in [-0.2, -0.15) is 0 Å². The van der Waals surface area contributed by atoms with Gasteiger partial charge in [-0.15, -0.1) is 11.8 Å². The molecule has 1 aromatic rings. The number of nitrogens with one attached hydrogen (secondary N) is 1. The predicted octanol–water partition coefficient (Wildman–Crippen LogP) is 2.15.